The minimum Gasteiger partial charge on any atom is -0.394 e. The molecule has 2 aromatic rings. The van der Waals surface area contributed by atoms with Crippen LogP contribution in [0.25, 0.3) is 11.2 Å². The first-order chi connectivity index (χ1) is 13.2. The molecule has 1 amide bonds. The van der Waals surface area contributed by atoms with Gasteiger partial charge in [0.15, 0.2) is 23.6 Å². The number of nitrogens with one attached hydrogen (secondary N) is 2. The molecular weight excluding hydrogens is 416 g/mol. The number of alkyl halides is 1. The summed E-state index contributed by atoms with van der Waals surface area (Å²) in [4.78, 5) is 34.6. The maximum absolute atomic E-state index is 14.5. The number of hydrogen-bond donors (Lipinski definition) is 4. The molecule has 0 spiro atoms. The lowest BCUT2D eigenvalue weighted by Gasteiger charge is -2.20. The maximum atomic E-state index is 14.5. The van der Waals surface area contributed by atoms with E-state index in [9.17, 15) is 23.7 Å². The Hall–Kier alpha value is -1.79. The predicted molar refractivity (Wildman–Crippen MR) is 100 cm³/mol. The van der Waals surface area contributed by atoms with Crippen LogP contribution >= 0.6 is 19.5 Å². The highest BCUT2D eigenvalue weighted by Gasteiger charge is 2.48. The van der Waals surface area contributed by atoms with E-state index in [0.717, 1.165) is 0 Å². The zero-order valence-corrected chi connectivity index (χ0v) is 16.7. The van der Waals surface area contributed by atoms with Crippen LogP contribution in [-0.2, 0) is 18.6 Å². The van der Waals surface area contributed by atoms with Crippen LogP contribution in [0.15, 0.2) is 11.1 Å². The molecule has 0 aliphatic carbocycles. The molecule has 0 aromatic carbocycles. The van der Waals surface area contributed by atoms with Gasteiger partial charge in [0, 0.05) is 5.92 Å². The van der Waals surface area contributed by atoms with Crippen LogP contribution in [0.1, 0.15) is 20.1 Å². The molecule has 5 atom stereocenters. The minimum absolute atomic E-state index is 0.00830. The lowest BCUT2D eigenvalue weighted by molar-refractivity contribution is -0.118. The highest BCUT2D eigenvalue weighted by Crippen LogP contribution is 2.41. The number of carbonyl (C=O) groups excluding carboxylic acids is 1. The summed E-state index contributed by atoms with van der Waals surface area (Å²) >= 11 is 3.67. The Balaban J connectivity index is 2.04. The number of thiol groups is 1. The van der Waals surface area contributed by atoms with E-state index in [-0.39, 0.29) is 28.9 Å². The number of anilines is 1. The lowest BCUT2D eigenvalue weighted by Crippen LogP contribution is -2.30. The van der Waals surface area contributed by atoms with Crippen LogP contribution in [0.2, 0.25) is 0 Å². The van der Waals surface area contributed by atoms with Crippen molar-refractivity contribution in [2.75, 3.05) is 11.9 Å². The zero-order chi connectivity index (χ0) is 20.6. The van der Waals surface area contributed by atoms with E-state index in [1.54, 1.807) is 13.8 Å². The van der Waals surface area contributed by atoms with Gasteiger partial charge in [-0.25, -0.2) is 9.37 Å². The first-order valence-corrected chi connectivity index (χ1v) is 10.9. The quantitative estimate of drug-likeness (QED) is 0.382. The fourth-order valence-electron chi connectivity index (χ4n) is 2.74. The number of amides is 1. The molecule has 2 aromatic heterocycles. The predicted octanol–water partition coefficient (Wildman–Crippen LogP) is 0.647. The van der Waals surface area contributed by atoms with Crippen molar-refractivity contribution in [1.29, 1.82) is 0 Å². The first-order valence-electron chi connectivity index (χ1n) is 8.30. The van der Waals surface area contributed by atoms with Crippen molar-refractivity contribution < 1.29 is 28.1 Å². The highest BCUT2D eigenvalue weighted by atomic mass is 32.7. The van der Waals surface area contributed by atoms with Crippen molar-refractivity contribution in [1.82, 2.24) is 19.5 Å². The van der Waals surface area contributed by atoms with E-state index >= 15 is 0 Å². The van der Waals surface area contributed by atoms with Gasteiger partial charge in [-0.05, 0) is 0 Å². The number of aromatic amines is 1. The van der Waals surface area contributed by atoms with Gasteiger partial charge in [-0.3, -0.25) is 29.0 Å². The Morgan fingerprint density at radius 1 is 1.61 bits per heavy atom. The maximum Gasteiger partial charge on any atom is 0.280 e. The number of aliphatic hydroxyl groups is 1. The number of hydrogen-bond acceptors (Lipinski definition) is 8. The van der Waals surface area contributed by atoms with E-state index in [0.29, 0.717) is 0 Å². The van der Waals surface area contributed by atoms with E-state index in [1.807, 2.05) is 0 Å². The molecule has 1 fully saturated rings. The number of aromatic nitrogens is 4. The number of halogens is 1. The topological polar surface area (TPSA) is 148 Å². The Morgan fingerprint density at radius 3 is 2.93 bits per heavy atom. The SMILES string of the molecule is CC(C)C(=O)Nc1nc2c(ncn2[C@@H]2O[C@H](CO)[C@@H](F)[C@H]2O[PH](=O)S)c(=O)[nH]1. The molecule has 1 aliphatic heterocycles. The van der Waals surface area contributed by atoms with Crippen LogP contribution in [0.4, 0.5) is 10.3 Å². The van der Waals surface area contributed by atoms with Crippen LogP contribution < -0.4 is 10.9 Å². The van der Waals surface area contributed by atoms with Crippen molar-refractivity contribution >= 4 is 42.5 Å². The third-order valence-electron chi connectivity index (χ3n) is 4.15. The first kappa shape index (κ1) is 20.9. The van der Waals surface area contributed by atoms with Gasteiger partial charge in [-0.15, -0.1) is 0 Å². The molecule has 1 aliphatic rings. The summed E-state index contributed by atoms with van der Waals surface area (Å²) in [6, 6.07) is 0. The van der Waals surface area contributed by atoms with Crippen LogP contribution in [0.5, 0.6) is 0 Å². The summed E-state index contributed by atoms with van der Waals surface area (Å²) in [5.74, 6) is -0.844. The van der Waals surface area contributed by atoms with Crippen molar-refractivity contribution in [3.63, 3.8) is 0 Å². The molecule has 3 heterocycles. The highest BCUT2D eigenvalue weighted by molar-refractivity contribution is 8.39. The summed E-state index contributed by atoms with van der Waals surface area (Å²) in [5, 5.41) is 11.8. The van der Waals surface area contributed by atoms with Crippen molar-refractivity contribution in [2.45, 2.75) is 38.5 Å². The monoisotopic (exact) mass is 435 g/mol. The Morgan fingerprint density at radius 2 is 2.32 bits per heavy atom. The van der Waals surface area contributed by atoms with Crippen molar-refractivity contribution in [3.8, 4) is 0 Å². The van der Waals surface area contributed by atoms with Gasteiger partial charge in [0.2, 0.25) is 19.1 Å². The normalized spacial score (nSPS) is 26.1. The van der Waals surface area contributed by atoms with E-state index < -0.39 is 44.0 Å². The number of nitrogens with zero attached hydrogens (tertiary/aromatic N) is 3. The average Bonchev–Trinajstić information content (AvgIpc) is 3.16. The molecule has 3 rings (SSSR count). The summed E-state index contributed by atoms with van der Waals surface area (Å²) in [7, 11) is -2.83. The second-order valence-electron chi connectivity index (χ2n) is 6.42. The van der Waals surface area contributed by atoms with Gasteiger partial charge in [0.05, 0.1) is 12.9 Å². The van der Waals surface area contributed by atoms with Crippen molar-refractivity contribution in [3.05, 3.63) is 16.7 Å². The molecule has 1 unspecified atom stereocenters. The fourth-order valence-corrected chi connectivity index (χ4v) is 3.58. The fraction of sp³-hybridized carbons (Fsp3) is 0.571. The number of fused-ring (bicyclic) bond motifs is 1. The summed E-state index contributed by atoms with van der Waals surface area (Å²) in [6.45, 7) is 2.70. The zero-order valence-electron chi connectivity index (χ0n) is 14.8. The molecule has 3 N–H and O–H groups in total. The molecular formula is C14H19FN5O6PS. The number of imidazole rings is 1. The minimum atomic E-state index is -2.83. The molecule has 154 valence electrons. The van der Waals surface area contributed by atoms with Crippen LogP contribution in [0, 0.1) is 5.92 Å². The summed E-state index contributed by atoms with van der Waals surface area (Å²) < 4.78 is 37.7. The Labute approximate surface area is 163 Å². The lowest BCUT2D eigenvalue weighted by atomic mass is 10.1. The van der Waals surface area contributed by atoms with E-state index in [2.05, 4.69) is 32.5 Å². The third-order valence-corrected chi connectivity index (χ3v) is 4.94. The molecule has 0 bridgehead atoms. The smallest absolute Gasteiger partial charge is 0.280 e. The van der Waals surface area contributed by atoms with Gasteiger partial charge in [0.1, 0.15) is 12.2 Å². The molecule has 14 heteroatoms. The number of H-pyrrole nitrogens is 1. The van der Waals surface area contributed by atoms with E-state index in [1.165, 1.54) is 10.9 Å². The Kier molecular flexibility index (Phi) is 6.20. The van der Waals surface area contributed by atoms with Gasteiger partial charge in [0.25, 0.3) is 5.56 Å². The molecule has 11 nitrogen and oxygen atoms in total. The van der Waals surface area contributed by atoms with Gasteiger partial charge in [-0.2, -0.15) is 4.98 Å². The number of ether oxygens (including phenoxy) is 1. The van der Waals surface area contributed by atoms with Gasteiger partial charge < -0.3 is 14.4 Å². The molecule has 1 saturated heterocycles. The molecule has 28 heavy (non-hydrogen) atoms. The number of carbonyl (C=O) groups is 1. The second-order valence-corrected chi connectivity index (χ2v) is 8.29. The number of rotatable bonds is 6. The summed E-state index contributed by atoms with van der Waals surface area (Å²) in [6.07, 6.45) is -4.42. The molecule has 0 saturated carbocycles. The largest absolute Gasteiger partial charge is 0.394 e. The molecule has 0 radical (unpaired) electrons. The van der Waals surface area contributed by atoms with E-state index in [4.69, 9.17) is 9.26 Å². The van der Waals surface area contributed by atoms with Gasteiger partial charge in [-0.1, -0.05) is 26.1 Å². The van der Waals surface area contributed by atoms with Gasteiger partial charge >= 0.3 is 0 Å². The summed E-state index contributed by atoms with van der Waals surface area (Å²) in [5.41, 5.74) is -0.714. The van der Waals surface area contributed by atoms with Crippen molar-refractivity contribution in [2.24, 2.45) is 5.92 Å². The third kappa shape index (κ3) is 3.98. The average molecular weight is 435 g/mol. The second kappa shape index (κ2) is 8.29. The number of aliphatic hydroxyl groups excluding tert-OH is 1. The standard InChI is InChI=1S/C14H19FN5O6PS/c1-5(2)11(22)18-14-17-10-8(12(23)19-14)16-4-20(10)13-9(26-27(24)28)7(15)6(3-21)25-13/h4-7,9,13,21,27H,3H2,1-2H3,(H,24,28)(H2,17,18,19,22,23)/t6-,7-,9-,13-/m1/s1. The Bertz CT molecular complexity index is 967. The van der Waals surface area contributed by atoms with Crippen LogP contribution in [0.3, 0.4) is 0 Å². The van der Waals surface area contributed by atoms with Crippen LogP contribution in [-0.4, -0.2) is 55.5 Å².